The van der Waals surface area contributed by atoms with Crippen LogP contribution >= 0.6 is 27.7 Å². The number of ether oxygens (including phenoxy) is 1. The number of hydrogen-bond acceptors (Lipinski definition) is 4. The van der Waals surface area contributed by atoms with Crippen LogP contribution in [0.15, 0.2) is 82.4 Å². The van der Waals surface area contributed by atoms with Gasteiger partial charge in [0.05, 0.1) is 17.8 Å². The first-order valence-corrected chi connectivity index (χ1v) is 11.0. The van der Waals surface area contributed by atoms with Gasteiger partial charge in [0.2, 0.25) is 0 Å². The standard InChI is InChI=1S/C23H21BrN2O2S/c1-28-22-12-9-19(13-21(22)24)14-25-26-23(27)20-10-7-18(8-11-20)16-29-15-17-5-3-2-4-6-17/h2-14H,15-16H2,1H3,(H,26,27)/b25-14+. The summed E-state index contributed by atoms with van der Waals surface area (Å²) in [5.74, 6) is 2.38. The van der Waals surface area contributed by atoms with E-state index >= 15 is 0 Å². The van der Waals surface area contributed by atoms with E-state index in [-0.39, 0.29) is 5.91 Å². The van der Waals surface area contributed by atoms with E-state index in [1.807, 2.05) is 60.3 Å². The number of hydrogen-bond donors (Lipinski definition) is 1. The number of nitrogens with zero attached hydrogens (tertiary/aromatic N) is 1. The Morgan fingerprint density at radius 3 is 2.38 bits per heavy atom. The average molecular weight is 469 g/mol. The van der Waals surface area contributed by atoms with Gasteiger partial charge in [-0.05, 0) is 63.0 Å². The van der Waals surface area contributed by atoms with Crippen LogP contribution in [-0.4, -0.2) is 19.2 Å². The topological polar surface area (TPSA) is 50.7 Å². The Morgan fingerprint density at radius 1 is 1.03 bits per heavy atom. The van der Waals surface area contributed by atoms with E-state index in [9.17, 15) is 4.79 Å². The first-order valence-electron chi connectivity index (χ1n) is 9.03. The van der Waals surface area contributed by atoms with Crippen LogP contribution in [0.5, 0.6) is 5.75 Å². The third kappa shape index (κ3) is 6.48. The minimum Gasteiger partial charge on any atom is -0.496 e. The summed E-state index contributed by atoms with van der Waals surface area (Å²) in [5.41, 5.74) is 6.49. The molecule has 148 valence electrons. The molecule has 3 rings (SSSR count). The monoisotopic (exact) mass is 468 g/mol. The summed E-state index contributed by atoms with van der Waals surface area (Å²) in [5, 5.41) is 4.03. The molecule has 6 heteroatoms. The largest absolute Gasteiger partial charge is 0.496 e. The summed E-state index contributed by atoms with van der Waals surface area (Å²) in [6.07, 6.45) is 1.59. The van der Waals surface area contributed by atoms with Crippen LogP contribution < -0.4 is 10.2 Å². The maximum absolute atomic E-state index is 12.3. The van der Waals surface area contributed by atoms with Crippen molar-refractivity contribution >= 4 is 39.8 Å². The molecular formula is C23H21BrN2O2S. The molecule has 4 nitrogen and oxygen atoms in total. The summed E-state index contributed by atoms with van der Waals surface area (Å²) in [4.78, 5) is 12.3. The molecule has 0 saturated heterocycles. The summed E-state index contributed by atoms with van der Waals surface area (Å²) >= 11 is 5.28. The Hall–Kier alpha value is -2.57. The van der Waals surface area contributed by atoms with Crippen LogP contribution in [-0.2, 0) is 11.5 Å². The molecule has 29 heavy (non-hydrogen) atoms. The predicted octanol–water partition coefficient (Wildman–Crippen LogP) is 5.66. The lowest BCUT2D eigenvalue weighted by molar-refractivity contribution is 0.0955. The Labute approximate surface area is 183 Å². The van der Waals surface area contributed by atoms with Gasteiger partial charge in [-0.15, -0.1) is 0 Å². The predicted molar refractivity (Wildman–Crippen MR) is 124 cm³/mol. The summed E-state index contributed by atoms with van der Waals surface area (Å²) in [7, 11) is 1.61. The molecular weight excluding hydrogens is 448 g/mol. The van der Waals surface area contributed by atoms with Crippen molar-refractivity contribution in [1.82, 2.24) is 5.43 Å². The SMILES string of the molecule is COc1ccc(/C=N/NC(=O)c2ccc(CSCc3ccccc3)cc2)cc1Br. The second kappa shape index (κ2) is 10.8. The number of rotatable bonds is 8. The van der Waals surface area contributed by atoms with Gasteiger partial charge in [0.15, 0.2) is 0 Å². The van der Waals surface area contributed by atoms with Gasteiger partial charge in [0.25, 0.3) is 5.91 Å². The molecule has 0 aliphatic rings. The van der Waals surface area contributed by atoms with Crippen LogP contribution in [0.4, 0.5) is 0 Å². The maximum atomic E-state index is 12.3. The van der Waals surface area contributed by atoms with Crippen molar-refractivity contribution in [3.63, 3.8) is 0 Å². The average Bonchev–Trinajstić information content (AvgIpc) is 2.75. The third-order valence-electron chi connectivity index (χ3n) is 4.15. The van der Waals surface area contributed by atoms with Gasteiger partial charge in [-0.2, -0.15) is 16.9 Å². The molecule has 0 radical (unpaired) electrons. The molecule has 1 amide bonds. The van der Waals surface area contributed by atoms with Crippen LogP contribution in [0.3, 0.4) is 0 Å². The molecule has 0 atom stereocenters. The van der Waals surface area contributed by atoms with Gasteiger partial charge < -0.3 is 4.74 Å². The van der Waals surface area contributed by atoms with Crippen molar-refractivity contribution in [3.05, 3.63) is 99.5 Å². The molecule has 0 saturated carbocycles. The molecule has 0 aliphatic heterocycles. The highest BCUT2D eigenvalue weighted by Crippen LogP contribution is 2.24. The molecule has 0 spiro atoms. The Bertz CT molecular complexity index is 976. The minimum atomic E-state index is -0.239. The van der Waals surface area contributed by atoms with Gasteiger partial charge in [0.1, 0.15) is 5.75 Å². The fourth-order valence-electron chi connectivity index (χ4n) is 2.61. The van der Waals surface area contributed by atoms with Crippen molar-refractivity contribution in [2.45, 2.75) is 11.5 Å². The minimum absolute atomic E-state index is 0.239. The third-order valence-corrected chi connectivity index (χ3v) is 5.85. The number of thioether (sulfide) groups is 1. The lowest BCUT2D eigenvalue weighted by Gasteiger charge is -2.05. The van der Waals surface area contributed by atoms with E-state index in [0.717, 1.165) is 27.3 Å². The van der Waals surface area contributed by atoms with E-state index < -0.39 is 0 Å². The first kappa shape index (κ1) is 21.1. The highest BCUT2D eigenvalue weighted by atomic mass is 79.9. The number of methoxy groups -OCH3 is 1. The normalized spacial score (nSPS) is 10.8. The molecule has 0 heterocycles. The molecule has 0 bridgehead atoms. The highest BCUT2D eigenvalue weighted by molar-refractivity contribution is 9.10. The zero-order valence-corrected chi connectivity index (χ0v) is 18.4. The molecule has 0 fully saturated rings. The molecule has 0 unspecified atom stereocenters. The fraction of sp³-hybridized carbons (Fsp3) is 0.130. The fourth-order valence-corrected chi connectivity index (χ4v) is 4.12. The second-order valence-corrected chi connectivity index (χ2v) is 8.11. The molecule has 3 aromatic carbocycles. The summed E-state index contributed by atoms with van der Waals surface area (Å²) in [6, 6.07) is 23.6. The lowest BCUT2D eigenvalue weighted by Crippen LogP contribution is -2.17. The number of amides is 1. The van der Waals surface area contributed by atoms with Crippen molar-refractivity contribution in [3.8, 4) is 5.75 Å². The Balaban J connectivity index is 1.49. The smallest absolute Gasteiger partial charge is 0.271 e. The molecule has 3 aromatic rings. The van der Waals surface area contributed by atoms with Crippen LogP contribution in [0.25, 0.3) is 0 Å². The van der Waals surface area contributed by atoms with E-state index in [1.165, 1.54) is 11.1 Å². The Morgan fingerprint density at radius 2 is 1.72 bits per heavy atom. The van der Waals surface area contributed by atoms with Gasteiger partial charge in [-0.25, -0.2) is 5.43 Å². The highest BCUT2D eigenvalue weighted by Gasteiger charge is 2.05. The van der Waals surface area contributed by atoms with Crippen LogP contribution in [0.1, 0.15) is 27.0 Å². The van der Waals surface area contributed by atoms with Gasteiger partial charge in [0, 0.05) is 17.1 Å². The van der Waals surface area contributed by atoms with Crippen LogP contribution in [0, 0.1) is 0 Å². The van der Waals surface area contributed by atoms with Gasteiger partial charge in [-0.1, -0.05) is 42.5 Å². The molecule has 0 aliphatic carbocycles. The van der Waals surface area contributed by atoms with Crippen molar-refractivity contribution < 1.29 is 9.53 Å². The quantitative estimate of drug-likeness (QED) is 0.343. The summed E-state index contributed by atoms with van der Waals surface area (Å²) < 4.78 is 6.02. The van der Waals surface area contributed by atoms with Gasteiger partial charge >= 0.3 is 0 Å². The van der Waals surface area contributed by atoms with E-state index in [1.54, 1.807) is 13.3 Å². The zero-order chi connectivity index (χ0) is 20.5. The van der Waals surface area contributed by atoms with Crippen LogP contribution in [0.2, 0.25) is 0 Å². The van der Waals surface area contributed by atoms with Gasteiger partial charge in [-0.3, -0.25) is 4.79 Å². The van der Waals surface area contributed by atoms with Crippen molar-refractivity contribution in [2.24, 2.45) is 5.10 Å². The number of carbonyl (C=O) groups excluding carboxylic acids is 1. The van der Waals surface area contributed by atoms with E-state index in [0.29, 0.717) is 5.56 Å². The maximum Gasteiger partial charge on any atom is 0.271 e. The van der Waals surface area contributed by atoms with Crippen molar-refractivity contribution in [1.29, 1.82) is 0 Å². The van der Waals surface area contributed by atoms with E-state index in [4.69, 9.17) is 4.74 Å². The number of nitrogens with one attached hydrogen (secondary N) is 1. The zero-order valence-electron chi connectivity index (χ0n) is 16.0. The Kier molecular flexibility index (Phi) is 7.90. The summed E-state index contributed by atoms with van der Waals surface area (Å²) in [6.45, 7) is 0. The lowest BCUT2D eigenvalue weighted by atomic mass is 10.1. The van der Waals surface area contributed by atoms with E-state index in [2.05, 4.69) is 50.7 Å². The molecule has 1 N–H and O–H groups in total. The van der Waals surface area contributed by atoms with Crippen molar-refractivity contribution in [2.75, 3.05) is 7.11 Å². The number of halogens is 1. The second-order valence-electron chi connectivity index (χ2n) is 6.27. The first-order chi connectivity index (χ1) is 14.2. The number of carbonyl (C=O) groups is 1. The molecule has 0 aromatic heterocycles. The number of hydrazone groups is 1. The number of benzene rings is 3.